The van der Waals surface area contributed by atoms with Crippen LogP contribution in [-0.4, -0.2) is 56.6 Å². The van der Waals surface area contributed by atoms with Crippen LogP contribution in [0, 0.1) is 6.92 Å². The van der Waals surface area contributed by atoms with Crippen molar-refractivity contribution in [1.82, 2.24) is 15.1 Å². The van der Waals surface area contributed by atoms with Crippen molar-refractivity contribution in [3.8, 4) is 0 Å². The minimum atomic E-state index is 0.467. The first-order chi connectivity index (χ1) is 9.60. The van der Waals surface area contributed by atoms with E-state index in [9.17, 15) is 0 Å². The summed E-state index contributed by atoms with van der Waals surface area (Å²) in [6.45, 7) is 5.79. The zero-order valence-corrected chi connectivity index (χ0v) is 13.4. The van der Waals surface area contributed by atoms with Gasteiger partial charge in [-0.05, 0) is 53.0 Å². The molecule has 2 rings (SSSR count). The molecule has 2 atom stereocenters. The van der Waals surface area contributed by atoms with Gasteiger partial charge in [0.2, 0.25) is 0 Å². The van der Waals surface area contributed by atoms with Gasteiger partial charge in [-0.1, -0.05) is 29.8 Å². The molecule has 20 heavy (non-hydrogen) atoms. The summed E-state index contributed by atoms with van der Waals surface area (Å²) in [4.78, 5) is 4.96. The third kappa shape index (κ3) is 4.05. The Hall–Kier alpha value is -0.900. The minimum absolute atomic E-state index is 0.467. The molecule has 0 radical (unpaired) electrons. The van der Waals surface area contributed by atoms with Crippen LogP contribution in [-0.2, 0) is 0 Å². The SMILES string of the molecule is CNC(CCN1CCC(N(C)C)C1)c1ccc(C)cc1. The Morgan fingerprint density at radius 2 is 2.00 bits per heavy atom. The number of likely N-dealkylation sites (tertiary alicyclic amines) is 1. The van der Waals surface area contributed by atoms with E-state index in [1.54, 1.807) is 0 Å². The molecule has 3 heteroatoms. The van der Waals surface area contributed by atoms with Crippen LogP contribution in [0.4, 0.5) is 0 Å². The lowest BCUT2D eigenvalue weighted by Crippen LogP contribution is -2.32. The van der Waals surface area contributed by atoms with Gasteiger partial charge in [0.15, 0.2) is 0 Å². The Bertz CT molecular complexity index is 399. The van der Waals surface area contributed by atoms with Crippen LogP contribution in [0.15, 0.2) is 24.3 Å². The fourth-order valence-corrected chi connectivity index (χ4v) is 3.02. The maximum atomic E-state index is 3.46. The van der Waals surface area contributed by atoms with Crippen LogP contribution in [0.3, 0.4) is 0 Å². The topological polar surface area (TPSA) is 18.5 Å². The van der Waals surface area contributed by atoms with E-state index >= 15 is 0 Å². The second kappa shape index (κ2) is 7.21. The van der Waals surface area contributed by atoms with Crippen molar-refractivity contribution >= 4 is 0 Å². The molecule has 0 spiro atoms. The first kappa shape index (κ1) is 15.5. The van der Waals surface area contributed by atoms with Crippen LogP contribution in [0.5, 0.6) is 0 Å². The fraction of sp³-hybridized carbons (Fsp3) is 0.647. The van der Waals surface area contributed by atoms with E-state index in [0.717, 1.165) is 6.04 Å². The van der Waals surface area contributed by atoms with Crippen molar-refractivity contribution in [2.24, 2.45) is 0 Å². The molecule has 1 aromatic rings. The van der Waals surface area contributed by atoms with Crippen molar-refractivity contribution in [3.63, 3.8) is 0 Å². The molecule has 0 saturated carbocycles. The summed E-state index contributed by atoms with van der Waals surface area (Å²) in [6.07, 6.45) is 2.49. The number of likely N-dealkylation sites (N-methyl/N-ethyl adjacent to an activating group) is 1. The van der Waals surface area contributed by atoms with Crippen molar-refractivity contribution < 1.29 is 0 Å². The van der Waals surface area contributed by atoms with Gasteiger partial charge in [-0.25, -0.2) is 0 Å². The number of nitrogens with one attached hydrogen (secondary N) is 1. The molecule has 0 aliphatic carbocycles. The van der Waals surface area contributed by atoms with E-state index < -0.39 is 0 Å². The zero-order valence-electron chi connectivity index (χ0n) is 13.4. The highest BCUT2D eigenvalue weighted by molar-refractivity contribution is 5.24. The van der Waals surface area contributed by atoms with Crippen molar-refractivity contribution in [2.45, 2.75) is 31.8 Å². The summed E-state index contributed by atoms with van der Waals surface area (Å²) in [5, 5.41) is 3.46. The molecule has 1 saturated heterocycles. The molecule has 0 aromatic heterocycles. The third-order valence-corrected chi connectivity index (χ3v) is 4.54. The van der Waals surface area contributed by atoms with Gasteiger partial charge < -0.3 is 15.1 Å². The number of benzene rings is 1. The fourth-order valence-electron chi connectivity index (χ4n) is 3.02. The number of nitrogens with zero attached hydrogens (tertiary/aromatic N) is 2. The van der Waals surface area contributed by atoms with Crippen molar-refractivity contribution in [2.75, 3.05) is 40.8 Å². The molecular weight excluding hydrogens is 246 g/mol. The average Bonchev–Trinajstić information content (AvgIpc) is 2.90. The molecule has 2 unspecified atom stereocenters. The molecule has 1 aromatic carbocycles. The van der Waals surface area contributed by atoms with E-state index in [-0.39, 0.29) is 0 Å². The Balaban J connectivity index is 1.84. The smallest absolute Gasteiger partial charge is 0.0329 e. The number of hydrogen-bond acceptors (Lipinski definition) is 3. The molecule has 0 amide bonds. The number of hydrogen-bond donors (Lipinski definition) is 1. The lowest BCUT2D eigenvalue weighted by Gasteiger charge is -2.23. The Kier molecular flexibility index (Phi) is 5.58. The summed E-state index contributed by atoms with van der Waals surface area (Å²) in [5.41, 5.74) is 2.73. The lowest BCUT2D eigenvalue weighted by molar-refractivity contribution is 0.261. The highest BCUT2D eigenvalue weighted by atomic mass is 15.2. The summed E-state index contributed by atoms with van der Waals surface area (Å²) in [7, 11) is 6.45. The number of aryl methyl sites for hydroxylation is 1. The van der Waals surface area contributed by atoms with Gasteiger partial charge in [-0.2, -0.15) is 0 Å². The van der Waals surface area contributed by atoms with E-state index in [0.29, 0.717) is 6.04 Å². The summed E-state index contributed by atoms with van der Waals surface area (Å²) >= 11 is 0. The molecule has 112 valence electrons. The molecular formula is C17H29N3. The van der Waals surface area contributed by atoms with Crippen LogP contribution in [0.1, 0.15) is 30.0 Å². The average molecular weight is 275 g/mol. The Morgan fingerprint density at radius 1 is 1.30 bits per heavy atom. The highest BCUT2D eigenvalue weighted by Gasteiger charge is 2.24. The predicted molar refractivity (Wildman–Crippen MR) is 86.1 cm³/mol. The maximum absolute atomic E-state index is 3.46. The van der Waals surface area contributed by atoms with Crippen LogP contribution < -0.4 is 5.32 Å². The van der Waals surface area contributed by atoms with Gasteiger partial charge in [-0.3, -0.25) is 0 Å². The second-order valence-electron chi connectivity index (χ2n) is 6.25. The summed E-state index contributed by atoms with van der Waals surface area (Å²) in [5.74, 6) is 0. The predicted octanol–water partition coefficient (Wildman–Crippen LogP) is 2.28. The van der Waals surface area contributed by atoms with Crippen LogP contribution in [0.2, 0.25) is 0 Å². The molecule has 1 aliphatic rings. The summed E-state index contributed by atoms with van der Waals surface area (Å²) in [6, 6.07) is 10.1. The number of rotatable bonds is 6. The quantitative estimate of drug-likeness (QED) is 0.859. The van der Waals surface area contributed by atoms with Crippen LogP contribution >= 0.6 is 0 Å². The van der Waals surface area contributed by atoms with Crippen molar-refractivity contribution in [1.29, 1.82) is 0 Å². The van der Waals surface area contributed by atoms with Gasteiger partial charge in [0.1, 0.15) is 0 Å². The molecule has 1 fully saturated rings. The summed E-state index contributed by atoms with van der Waals surface area (Å²) < 4.78 is 0. The second-order valence-corrected chi connectivity index (χ2v) is 6.25. The highest BCUT2D eigenvalue weighted by Crippen LogP contribution is 2.20. The standard InChI is InChI=1S/C17H29N3/c1-14-5-7-15(8-6-14)17(18-2)10-12-20-11-9-16(13-20)19(3)4/h5-8,16-18H,9-13H2,1-4H3. The largest absolute Gasteiger partial charge is 0.313 e. The molecule has 3 nitrogen and oxygen atoms in total. The molecule has 0 bridgehead atoms. The van der Waals surface area contributed by atoms with Gasteiger partial charge in [0, 0.05) is 25.2 Å². The molecule has 1 heterocycles. The lowest BCUT2D eigenvalue weighted by atomic mass is 10.0. The Labute approximate surface area is 124 Å². The van der Waals surface area contributed by atoms with Gasteiger partial charge in [-0.15, -0.1) is 0 Å². The normalized spacial score (nSPS) is 21.6. The Morgan fingerprint density at radius 3 is 2.55 bits per heavy atom. The van der Waals surface area contributed by atoms with Gasteiger partial charge >= 0.3 is 0 Å². The van der Waals surface area contributed by atoms with Gasteiger partial charge in [0.25, 0.3) is 0 Å². The minimum Gasteiger partial charge on any atom is -0.313 e. The first-order valence-corrected chi connectivity index (χ1v) is 7.72. The van der Waals surface area contributed by atoms with Crippen molar-refractivity contribution in [3.05, 3.63) is 35.4 Å². The molecule has 1 N–H and O–H groups in total. The van der Waals surface area contributed by atoms with E-state index in [2.05, 4.69) is 67.4 Å². The monoisotopic (exact) mass is 275 g/mol. The van der Waals surface area contributed by atoms with E-state index in [4.69, 9.17) is 0 Å². The third-order valence-electron chi connectivity index (χ3n) is 4.54. The maximum Gasteiger partial charge on any atom is 0.0329 e. The molecule has 1 aliphatic heterocycles. The first-order valence-electron chi connectivity index (χ1n) is 7.72. The van der Waals surface area contributed by atoms with E-state index in [1.165, 1.54) is 43.6 Å². The van der Waals surface area contributed by atoms with Crippen LogP contribution in [0.25, 0.3) is 0 Å². The zero-order chi connectivity index (χ0) is 14.5. The van der Waals surface area contributed by atoms with E-state index in [1.807, 2.05) is 0 Å². The van der Waals surface area contributed by atoms with Gasteiger partial charge in [0.05, 0.1) is 0 Å².